The molecule has 0 spiro atoms. The average molecular weight is 218 g/mol. The van der Waals surface area contributed by atoms with Crippen LogP contribution in [0.15, 0.2) is 48.6 Å². The summed E-state index contributed by atoms with van der Waals surface area (Å²) < 4.78 is 0. The number of rotatable bonds is 3. The van der Waals surface area contributed by atoms with E-state index in [-0.39, 0.29) is 10.8 Å². The van der Waals surface area contributed by atoms with E-state index >= 15 is 0 Å². The fraction of sp³-hybridized carbons (Fsp3) is 0.500. The quantitative estimate of drug-likeness (QED) is 0.564. The van der Waals surface area contributed by atoms with Crippen LogP contribution in [0.1, 0.15) is 41.5 Å². The lowest BCUT2D eigenvalue weighted by Crippen LogP contribution is -1.97. The first kappa shape index (κ1) is 15.0. The van der Waals surface area contributed by atoms with E-state index in [0.717, 1.165) is 0 Å². The highest BCUT2D eigenvalue weighted by Gasteiger charge is 2.02. The third kappa shape index (κ3) is 13.0. The predicted molar refractivity (Wildman–Crippen MR) is 75.5 cm³/mol. The summed E-state index contributed by atoms with van der Waals surface area (Å²) in [5.74, 6) is 0. The summed E-state index contributed by atoms with van der Waals surface area (Å²) in [7, 11) is 0. The lowest BCUT2D eigenvalue weighted by molar-refractivity contribution is 0.544. The van der Waals surface area contributed by atoms with Crippen molar-refractivity contribution < 1.29 is 0 Å². The SMILES string of the molecule is CC(C)(C)C=CC=CC=CC=CC(C)(C)C. The zero-order valence-electron chi connectivity index (χ0n) is 11.6. The van der Waals surface area contributed by atoms with Gasteiger partial charge in [-0.15, -0.1) is 0 Å². The molecule has 0 N–H and O–H groups in total. The van der Waals surface area contributed by atoms with Crippen LogP contribution in [0.3, 0.4) is 0 Å². The van der Waals surface area contributed by atoms with Gasteiger partial charge in [0.25, 0.3) is 0 Å². The molecule has 0 fully saturated rings. The second-order valence-corrected chi connectivity index (χ2v) is 6.22. The summed E-state index contributed by atoms with van der Waals surface area (Å²) in [6.45, 7) is 13.2. The van der Waals surface area contributed by atoms with Gasteiger partial charge in [0.2, 0.25) is 0 Å². The molecular weight excluding hydrogens is 192 g/mol. The van der Waals surface area contributed by atoms with Crippen molar-refractivity contribution in [1.82, 2.24) is 0 Å². The van der Waals surface area contributed by atoms with Crippen molar-refractivity contribution in [2.75, 3.05) is 0 Å². The van der Waals surface area contributed by atoms with Gasteiger partial charge in [-0.25, -0.2) is 0 Å². The van der Waals surface area contributed by atoms with Crippen molar-refractivity contribution in [2.24, 2.45) is 10.8 Å². The van der Waals surface area contributed by atoms with Gasteiger partial charge in [-0.2, -0.15) is 0 Å². The molecule has 0 aliphatic heterocycles. The average Bonchev–Trinajstić information content (AvgIpc) is 2.06. The lowest BCUT2D eigenvalue weighted by Gasteiger charge is -2.09. The third-order valence-electron chi connectivity index (χ3n) is 1.75. The molecular formula is C16H26. The molecule has 0 rings (SSSR count). The van der Waals surface area contributed by atoms with Crippen LogP contribution in [-0.2, 0) is 0 Å². The molecule has 0 heteroatoms. The Bertz CT molecular complexity index is 253. The van der Waals surface area contributed by atoms with Gasteiger partial charge in [0.1, 0.15) is 0 Å². The molecule has 0 aromatic carbocycles. The Kier molecular flexibility index (Phi) is 6.10. The first-order chi connectivity index (χ1) is 7.21. The minimum atomic E-state index is 0.264. The molecule has 0 radical (unpaired) electrons. The third-order valence-corrected chi connectivity index (χ3v) is 1.75. The fourth-order valence-electron chi connectivity index (χ4n) is 0.945. The van der Waals surface area contributed by atoms with Crippen LogP contribution < -0.4 is 0 Å². The first-order valence-electron chi connectivity index (χ1n) is 5.91. The van der Waals surface area contributed by atoms with Crippen LogP contribution in [0, 0.1) is 10.8 Å². The van der Waals surface area contributed by atoms with E-state index in [4.69, 9.17) is 0 Å². The van der Waals surface area contributed by atoms with Crippen LogP contribution in [-0.4, -0.2) is 0 Å². The highest BCUT2D eigenvalue weighted by atomic mass is 14.1. The van der Waals surface area contributed by atoms with E-state index in [1.807, 2.05) is 0 Å². The molecule has 16 heavy (non-hydrogen) atoms. The van der Waals surface area contributed by atoms with Gasteiger partial charge in [-0.3, -0.25) is 0 Å². The van der Waals surface area contributed by atoms with Crippen LogP contribution in [0.4, 0.5) is 0 Å². The Hall–Kier alpha value is -1.04. The minimum Gasteiger partial charge on any atom is -0.0791 e. The van der Waals surface area contributed by atoms with Gasteiger partial charge < -0.3 is 0 Å². The molecule has 90 valence electrons. The normalized spacial score (nSPS) is 15.1. The van der Waals surface area contributed by atoms with Gasteiger partial charge in [-0.1, -0.05) is 90.2 Å². The second-order valence-electron chi connectivity index (χ2n) is 6.22. The maximum Gasteiger partial charge on any atom is -0.0200 e. The van der Waals surface area contributed by atoms with Crippen LogP contribution in [0.2, 0.25) is 0 Å². The Morgan fingerprint density at radius 1 is 0.438 bits per heavy atom. The molecule has 0 heterocycles. The molecule has 0 saturated heterocycles. The smallest absolute Gasteiger partial charge is 0.0200 e. The molecule has 0 aromatic heterocycles. The summed E-state index contributed by atoms with van der Waals surface area (Å²) in [6, 6.07) is 0. The van der Waals surface area contributed by atoms with E-state index in [2.05, 4.69) is 90.2 Å². The van der Waals surface area contributed by atoms with Gasteiger partial charge in [0.05, 0.1) is 0 Å². The Morgan fingerprint density at radius 2 is 0.688 bits per heavy atom. The summed E-state index contributed by atoms with van der Waals surface area (Å²) >= 11 is 0. The molecule has 0 bridgehead atoms. The van der Waals surface area contributed by atoms with Crippen molar-refractivity contribution >= 4 is 0 Å². The van der Waals surface area contributed by atoms with Crippen molar-refractivity contribution in [3.63, 3.8) is 0 Å². The van der Waals surface area contributed by atoms with Crippen LogP contribution >= 0.6 is 0 Å². The topological polar surface area (TPSA) is 0 Å². The minimum absolute atomic E-state index is 0.264. The van der Waals surface area contributed by atoms with Gasteiger partial charge in [0, 0.05) is 0 Å². The van der Waals surface area contributed by atoms with Gasteiger partial charge >= 0.3 is 0 Å². The zero-order valence-corrected chi connectivity index (χ0v) is 11.6. The van der Waals surface area contributed by atoms with E-state index in [1.165, 1.54) is 0 Å². The number of allylic oxidation sites excluding steroid dienone is 8. The van der Waals surface area contributed by atoms with Crippen molar-refractivity contribution in [3.8, 4) is 0 Å². The zero-order chi connectivity index (χ0) is 12.7. The second kappa shape index (κ2) is 6.52. The summed E-state index contributed by atoms with van der Waals surface area (Å²) in [4.78, 5) is 0. The number of hydrogen-bond acceptors (Lipinski definition) is 0. The van der Waals surface area contributed by atoms with Crippen molar-refractivity contribution in [3.05, 3.63) is 48.6 Å². The molecule has 0 nitrogen and oxygen atoms in total. The van der Waals surface area contributed by atoms with Crippen molar-refractivity contribution in [2.45, 2.75) is 41.5 Å². The maximum absolute atomic E-state index is 2.20. The summed E-state index contributed by atoms with van der Waals surface area (Å²) in [5.41, 5.74) is 0.528. The molecule has 0 saturated carbocycles. The molecule has 0 aliphatic carbocycles. The van der Waals surface area contributed by atoms with Gasteiger partial charge in [0.15, 0.2) is 0 Å². The Labute approximate surface area is 101 Å². The highest BCUT2D eigenvalue weighted by molar-refractivity contribution is 5.17. The molecule has 0 atom stereocenters. The van der Waals surface area contributed by atoms with E-state index < -0.39 is 0 Å². The Morgan fingerprint density at radius 3 is 0.938 bits per heavy atom. The lowest BCUT2D eigenvalue weighted by atomic mass is 9.96. The molecule has 0 unspecified atom stereocenters. The van der Waals surface area contributed by atoms with E-state index in [9.17, 15) is 0 Å². The predicted octanol–water partition coefficient (Wildman–Crippen LogP) is 5.30. The van der Waals surface area contributed by atoms with E-state index in [0.29, 0.717) is 0 Å². The molecule has 0 aliphatic rings. The fourth-order valence-corrected chi connectivity index (χ4v) is 0.945. The van der Waals surface area contributed by atoms with Crippen LogP contribution in [0.5, 0.6) is 0 Å². The van der Waals surface area contributed by atoms with Crippen LogP contribution in [0.25, 0.3) is 0 Å². The highest BCUT2D eigenvalue weighted by Crippen LogP contribution is 2.14. The van der Waals surface area contributed by atoms with E-state index in [1.54, 1.807) is 0 Å². The maximum atomic E-state index is 2.20. The Balaban J connectivity index is 3.99. The summed E-state index contributed by atoms with van der Waals surface area (Å²) in [6.07, 6.45) is 16.8. The molecule has 0 amide bonds. The largest absolute Gasteiger partial charge is 0.0791 e. The first-order valence-corrected chi connectivity index (χ1v) is 5.91. The molecule has 0 aromatic rings. The summed E-state index contributed by atoms with van der Waals surface area (Å²) in [5, 5.41) is 0. The van der Waals surface area contributed by atoms with Gasteiger partial charge in [-0.05, 0) is 10.8 Å². The number of hydrogen-bond donors (Lipinski definition) is 0. The van der Waals surface area contributed by atoms with Crippen molar-refractivity contribution in [1.29, 1.82) is 0 Å². The standard InChI is InChI=1S/C16H26/c1-15(2,3)13-11-9-7-8-10-12-14-16(4,5)6/h7-14H,1-6H3. The monoisotopic (exact) mass is 218 g/mol.